The molecule has 0 saturated carbocycles. The standard InChI is InChI=1S/C25H20F3N3O5/c1-34-24(33)17-5-7-20(8-6-17)35-15-21-9-10-22(36-21)23(32)30-19-12-29-31(14-19)13-16-3-2-4-18(11-16)25(26,27)28/h2-12,14H,13,15H2,1H3,(H,30,32). The summed E-state index contributed by atoms with van der Waals surface area (Å²) in [6.07, 6.45) is -1.54. The number of aromatic nitrogens is 2. The van der Waals surface area contributed by atoms with Crippen molar-refractivity contribution < 1.29 is 36.7 Å². The largest absolute Gasteiger partial charge is 0.486 e. The lowest BCUT2D eigenvalue weighted by molar-refractivity contribution is -0.137. The van der Waals surface area contributed by atoms with Gasteiger partial charge < -0.3 is 19.2 Å². The quantitative estimate of drug-likeness (QED) is 0.337. The van der Waals surface area contributed by atoms with E-state index in [9.17, 15) is 22.8 Å². The number of hydrogen-bond acceptors (Lipinski definition) is 6. The Kier molecular flexibility index (Phi) is 7.09. The van der Waals surface area contributed by atoms with Gasteiger partial charge in [0.1, 0.15) is 18.1 Å². The lowest BCUT2D eigenvalue weighted by Gasteiger charge is -2.08. The van der Waals surface area contributed by atoms with Gasteiger partial charge in [-0.1, -0.05) is 12.1 Å². The molecule has 0 aliphatic heterocycles. The van der Waals surface area contributed by atoms with Crippen LogP contribution in [0.3, 0.4) is 0 Å². The fraction of sp³-hybridized carbons (Fsp3) is 0.160. The molecule has 4 aromatic rings. The number of amides is 1. The molecule has 0 atom stereocenters. The Morgan fingerprint density at radius 2 is 1.86 bits per heavy atom. The predicted octanol–water partition coefficient (Wildman–Crippen LogP) is 5.16. The molecule has 36 heavy (non-hydrogen) atoms. The van der Waals surface area contributed by atoms with E-state index < -0.39 is 23.6 Å². The van der Waals surface area contributed by atoms with Crippen LogP contribution in [0.4, 0.5) is 18.9 Å². The van der Waals surface area contributed by atoms with Crippen LogP contribution >= 0.6 is 0 Å². The average Bonchev–Trinajstić information content (AvgIpc) is 3.52. The summed E-state index contributed by atoms with van der Waals surface area (Å²) in [5.74, 6) is -0.0392. The molecule has 0 spiro atoms. The molecule has 0 aliphatic rings. The van der Waals surface area contributed by atoms with E-state index in [2.05, 4.69) is 15.2 Å². The lowest BCUT2D eigenvalue weighted by Crippen LogP contribution is -2.10. The topological polar surface area (TPSA) is 95.6 Å². The predicted molar refractivity (Wildman–Crippen MR) is 122 cm³/mol. The highest BCUT2D eigenvalue weighted by molar-refractivity contribution is 6.02. The minimum Gasteiger partial charge on any atom is -0.486 e. The van der Waals surface area contributed by atoms with Crippen molar-refractivity contribution in [3.63, 3.8) is 0 Å². The number of furan rings is 1. The summed E-state index contributed by atoms with van der Waals surface area (Å²) in [7, 11) is 1.30. The van der Waals surface area contributed by atoms with E-state index in [0.717, 1.165) is 12.1 Å². The Morgan fingerprint density at radius 3 is 2.58 bits per heavy atom. The van der Waals surface area contributed by atoms with Crippen molar-refractivity contribution in [1.29, 1.82) is 0 Å². The maximum absolute atomic E-state index is 12.9. The summed E-state index contributed by atoms with van der Waals surface area (Å²) in [4.78, 5) is 24.0. The molecule has 0 bridgehead atoms. The van der Waals surface area contributed by atoms with E-state index in [0.29, 0.717) is 28.3 Å². The van der Waals surface area contributed by atoms with E-state index in [4.69, 9.17) is 9.15 Å². The number of nitrogens with one attached hydrogen (secondary N) is 1. The van der Waals surface area contributed by atoms with E-state index >= 15 is 0 Å². The molecule has 1 amide bonds. The van der Waals surface area contributed by atoms with E-state index in [1.54, 1.807) is 36.4 Å². The van der Waals surface area contributed by atoms with Crippen molar-refractivity contribution in [1.82, 2.24) is 9.78 Å². The first-order chi connectivity index (χ1) is 17.2. The molecule has 11 heteroatoms. The number of ether oxygens (including phenoxy) is 2. The zero-order valence-corrected chi connectivity index (χ0v) is 18.9. The molecule has 0 aliphatic carbocycles. The second-order valence-corrected chi connectivity index (χ2v) is 7.65. The molecule has 4 rings (SSSR count). The van der Waals surface area contributed by atoms with Gasteiger partial charge in [-0.2, -0.15) is 18.3 Å². The normalized spacial score (nSPS) is 11.2. The first kappa shape index (κ1) is 24.6. The second-order valence-electron chi connectivity index (χ2n) is 7.65. The van der Waals surface area contributed by atoms with E-state index in [1.165, 1.54) is 36.3 Å². The number of alkyl halides is 3. The molecular weight excluding hydrogens is 479 g/mol. The van der Waals surface area contributed by atoms with Crippen LogP contribution in [0.25, 0.3) is 0 Å². The molecule has 2 aromatic carbocycles. The number of methoxy groups -OCH3 is 1. The van der Waals surface area contributed by atoms with Gasteiger partial charge in [0, 0.05) is 6.20 Å². The number of carbonyl (C=O) groups excluding carboxylic acids is 2. The Balaban J connectivity index is 1.31. The molecule has 2 aromatic heterocycles. The third-order valence-electron chi connectivity index (χ3n) is 5.03. The van der Waals surface area contributed by atoms with E-state index in [1.807, 2.05) is 0 Å². The summed E-state index contributed by atoms with van der Waals surface area (Å²) in [5.41, 5.74) is 0.421. The first-order valence-electron chi connectivity index (χ1n) is 10.6. The van der Waals surface area contributed by atoms with Gasteiger partial charge in [0.25, 0.3) is 5.91 Å². The zero-order valence-electron chi connectivity index (χ0n) is 18.9. The van der Waals surface area contributed by atoms with Crippen molar-refractivity contribution in [3.8, 4) is 5.75 Å². The minimum atomic E-state index is -4.43. The van der Waals surface area contributed by atoms with Gasteiger partial charge in [-0.25, -0.2) is 4.79 Å². The fourth-order valence-corrected chi connectivity index (χ4v) is 3.28. The molecule has 8 nitrogen and oxygen atoms in total. The number of carbonyl (C=O) groups is 2. The van der Waals surface area contributed by atoms with Gasteiger partial charge in [-0.05, 0) is 54.1 Å². The van der Waals surface area contributed by atoms with Crippen molar-refractivity contribution in [2.75, 3.05) is 12.4 Å². The van der Waals surface area contributed by atoms with Crippen LogP contribution in [-0.2, 0) is 24.1 Å². The molecule has 1 N–H and O–H groups in total. The Morgan fingerprint density at radius 1 is 1.08 bits per heavy atom. The average molecular weight is 499 g/mol. The van der Waals surface area contributed by atoms with Gasteiger partial charge in [0.2, 0.25) is 0 Å². The van der Waals surface area contributed by atoms with E-state index in [-0.39, 0.29) is 18.9 Å². The van der Waals surface area contributed by atoms with Crippen LogP contribution < -0.4 is 10.1 Å². The monoisotopic (exact) mass is 499 g/mol. The molecule has 0 saturated heterocycles. The highest BCUT2D eigenvalue weighted by Crippen LogP contribution is 2.29. The van der Waals surface area contributed by atoms with Crippen molar-refractivity contribution >= 4 is 17.6 Å². The Labute approximate surface area is 203 Å². The molecule has 186 valence electrons. The molecule has 0 radical (unpaired) electrons. The summed E-state index contributed by atoms with van der Waals surface area (Å²) >= 11 is 0. The number of rotatable bonds is 8. The molecule has 0 fully saturated rings. The SMILES string of the molecule is COC(=O)c1ccc(OCc2ccc(C(=O)Nc3cnn(Cc4cccc(C(F)(F)F)c4)c3)o2)cc1. The number of hydrogen-bond donors (Lipinski definition) is 1. The number of anilines is 1. The lowest BCUT2D eigenvalue weighted by atomic mass is 10.1. The number of halogens is 3. The van der Waals surface area contributed by atoms with Crippen molar-refractivity contribution in [2.24, 2.45) is 0 Å². The van der Waals surface area contributed by atoms with Gasteiger partial charge in [-0.3, -0.25) is 9.48 Å². The second kappa shape index (κ2) is 10.4. The van der Waals surface area contributed by atoms with Crippen LogP contribution in [0.2, 0.25) is 0 Å². The third kappa shape index (κ3) is 6.12. The summed E-state index contributed by atoms with van der Waals surface area (Å²) in [5, 5.41) is 6.71. The molecular formula is C25H20F3N3O5. The van der Waals surface area contributed by atoms with Gasteiger partial charge >= 0.3 is 12.1 Å². The van der Waals surface area contributed by atoms with Crippen LogP contribution in [0.1, 0.15) is 37.8 Å². The maximum Gasteiger partial charge on any atom is 0.416 e. The summed E-state index contributed by atoms with van der Waals surface area (Å²) in [6.45, 7) is 0.155. The van der Waals surface area contributed by atoms with Crippen LogP contribution in [0, 0.1) is 0 Å². The zero-order chi connectivity index (χ0) is 25.7. The third-order valence-corrected chi connectivity index (χ3v) is 5.03. The highest BCUT2D eigenvalue weighted by Gasteiger charge is 2.30. The number of benzene rings is 2. The Hall–Kier alpha value is -4.54. The highest BCUT2D eigenvalue weighted by atomic mass is 19.4. The number of esters is 1. The van der Waals surface area contributed by atoms with Crippen LogP contribution in [0.5, 0.6) is 5.75 Å². The maximum atomic E-state index is 12.9. The Bertz CT molecular complexity index is 1360. The van der Waals surface area contributed by atoms with Crippen LogP contribution in [0.15, 0.2) is 77.5 Å². The minimum absolute atomic E-state index is 0.0419. The van der Waals surface area contributed by atoms with Gasteiger partial charge in [-0.15, -0.1) is 0 Å². The first-order valence-corrected chi connectivity index (χ1v) is 10.6. The van der Waals surface area contributed by atoms with Crippen molar-refractivity contribution in [3.05, 3.63) is 101 Å². The number of nitrogens with zero attached hydrogens (tertiary/aromatic N) is 2. The van der Waals surface area contributed by atoms with Gasteiger partial charge in [0.05, 0.1) is 36.7 Å². The van der Waals surface area contributed by atoms with Crippen LogP contribution in [-0.4, -0.2) is 28.8 Å². The van der Waals surface area contributed by atoms with Gasteiger partial charge in [0.15, 0.2) is 5.76 Å². The summed E-state index contributed by atoms with van der Waals surface area (Å²) in [6, 6.07) is 14.4. The smallest absolute Gasteiger partial charge is 0.416 e. The summed E-state index contributed by atoms with van der Waals surface area (Å²) < 4.78 is 55.9. The van der Waals surface area contributed by atoms with Crippen molar-refractivity contribution in [2.45, 2.75) is 19.3 Å². The fourth-order valence-electron chi connectivity index (χ4n) is 3.28. The molecule has 2 heterocycles. The molecule has 0 unspecified atom stereocenters.